The second-order valence-electron chi connectivity index (χ2n) is 8.08. The van der Waals surface area contributed by atoms with Gasteiger partial charge in [-0.1, -0.05) is 37.3 Å². The number of nitrogens with one attached hydrogen (secondary N) is 2. The van der Waals surface area contributed by atoms with Gasteiger partial charge in [0.05, 0.1) is 23.2 Å². The zero-order valence-corrected chi connectivity index (χ0v) is 19.8. The maximum Gasteiger partial charge on any atom is 0.326 e. The Morgan fingerprint density at radius 1 is 1.30 bits per heavy atom. The summed E-state index contributed by atoms with van der Waals surface area (Å²) in [5.74, 6) is -0.312. The molecule has 3 rings (SSSR count). The van der Waals surface area contributed by atoms with E-state index in [1.165, 1.54) is 11.8 Å². The normalized spacial score (nSPS) is 16.4. The number of para-hydroxylation sites is 1. The van der Waals surface area contributed by atoms with Gasteiger partial charge < -0.3 is 15.2 Å². The molecule has 0 spiro atoms. The van der Waals surface area contributed by atoms with Crippen LogP contribution in [0.5, 0.6) is 5.75 Å². The van der Waals surface area contributed by atoms with Crippen LogP contribution in [0.4, 0.5) is 16.2 Å². The van der Waals surface area contributed by atoms with Gasteiger partial charge in [0.1, 0.15) is 11.9 Å². The van der Waals surface area contributed by atoms with Crippen LogP contribution in [0, 0.1) is 11.3 Å². The summed E-state index contributed by atoms with van der Waals surface area (Å²) in [4.78, 5) is 25.5. The van der Waals surface area contributed by atoms with Gasteiger partial charge in [-0.05, 0) is 49.2 Å². The molecule has 0 bridgehead atoms. The molecule has 33 heavy (non-hydrogen) atoms. The number of carboxylic acid groups (broad SMARTS) is 1. The van der Waals surface area contributed by atoms with E-state index in [4.69, 9.17) is 15.3 Å². The van der Waals surface area contributed by atoms with Crippen LogP contribution in [-0.2, 0) is 4.79 Å². The molecule has 0 fully saturated rings. The summed E-state index contributed by atoms with van der Waals surface area (Å²) >= 11 is 1.26. The first-order valence-corrected chi connectivity index (χ1v) is 11.8. The van der Waals surface area contributed by atoms with Gasteiger partial charge in [-0.3, -0.25) is 15.1 Å². The first-order valence-electron chi connectivity index (χ1n) is 10.8. The molecule has 2 amide bonds. The van der Waals surface area contributed by atoms with Crippen LogP contribution >= 0.6 is 11.8 Å². The van der Waals surface area contributed by atoms with Crippen LogP contribution in [0.2, 0.25) is 0 Å². The summed E-state index contributed by atoms with van der Waals surface area (Å²) in [5, 5.41) is 20.4. The second-order valence-corrected chi connectivity index (χ2v) is 9.20. The van der Waals surface area contributed by atoms with E-state index < -0.39 is 11.9 Å². The van der Waals surface area contributed by atoms with Crippen molar-refractivity contribution >= 4 is 45.8 Å². The summed E-state index contributed by atoms with van der Waals surface area (Å²) < 4.78 is 6.02. The first-order chi connectivity index (χ1) is 15.7. The number of nitrogens with zero attached hydrogens (tertiary/aromatic N) is 1. The van der Waals surface area contributed by atoms with Gasteiger partial charge in [0.15, 0.2) is 0 Å². The minimum Gasteiger partial charge on any atom is -0.487 e. The van der Waals surface area contributed by atoms with Crippen molar-refractivity contribution in [1.82, 2.24) is 0 Å². The molecule has 0 aliphatic carbocycles. The Balaban J connectivity index is 1.69. The van der Waals surface area contributed by atoms with E-state index in [0.717, 1.165) is 16.8 Å². The van der Waals surface area contributed by atoms with E-state index in [0.29, 0.717) is 35.2 Å². The average Bonchev–Trinajstić information content (AvgIpc) is 2.80. The molecule has 3 N–H and O–H groups in total. The lowest BCUT2D eigenvalue weighted by molar-refractivity contribution is -0.140. The molecule has 0 saturated carbocycles. The Morgan fingerprint density at radius 2 is 2.03 bits per heavy atom. The number of allylic oxidation sites excluding steroid dienone is 2. The lowest BCUT2D eigenvalue weighted by Gasteiger charge is -2.33. The quantitative estimate of drug-likeness (QED) is 0.356. The fraction of sp³-hybridized carbons (Fsp3) is 0.320. The second kappa shape index (κ2) is 11.0. The van der Waals surface area contributed by atoms with Crippen molar-refractivity contribution in [2.45, 2.75) is 33.3 Å². The molecule has 2 atom stereocenters. The Bertz CT molecular complexity index is 1050. The summed E-state index contributed by atoms with van der Waals surface area (Å²) in [6.07, 6.45) is 2.23. The number of carbonyl (C=O) groups is 2. The summed E-state index contributed by atoms with van der Waals surface area (Å²) in [6.45, 7) is 5.98. The van der Waals surface area contributed by atoms with Gasteiger partial charge in [0, 0.05) is 17.9 Å². The van der Waals surface area contributed by atoms with Crippen molar-refractivity contribution in [1.29, 1.82) is 5.41 Å². The maximum atomic E-state index is 12.9. The largest absolute Gasteiger partial charge is 0.487 e. The van der Waals surface area contributed by atoms with Crippen LogP contribution in [0.1, 0.15) is 32.8 Å². The number of benzene rings is 2. The number of urea groups is 1. The highest BCUT2D eigenvalue weighted by atomic mass is 32.2. The van der Waals surface area contributed by atoms with E-state index in [1.54, 1.807) is 11.8 Å². The minimum atomic E-state index is -0.850. The van der Waals surface area contributed by atoms with Crippen molar-refractivity contribution in [2.75, 3.05) is 22.5 Å². The molecule has 7 nitrogen and oxygen atoms in total. The number of rotatable bonds is 7. The number of aliphatic carboxylic acids is 1. The van der Waals surface area contributed by atoms with Crippen LogP contribution in [-0.4, -0.2) is 40.6 Å². The summed E-state index contributed by atoms with van der Waals surface area (Å²) in [6, 6.07) is 14.9. The van der Waals surface area contributed by atoms with Gasteiger partial charge in [-0.2, -0.15) is 0 Å². The zero-order chi connectivity index (χ0) is 24.0. The number of fused-ring (bicyclic) bond motifs is 1. The average molecular weight is 468 g/mol. The smallest absolute Gasteiger partial charge is 0.326 e. The van der Waals surface area contributed by atoms with Crippen molar-refractivity contribution in [3.8, 4) is 5.75 Å². The number of amides is 2. The number of hydrogen-bond acceptors (Lipinski definition) is 5. The maximum absolute atomic E-state index is 12.9. The van der Waals surface area contributed by atoms with E-state index in [9.17, 15) is 9.59 Å². The minimum absolute atomic E-state index is 0.153. The van der Waals surface area contributed by atoms with Crippen molar-refractivity contribution in [3.63, 3.8) is 0 Å². The predicted molar refractivity (Wildman–Crippen MR) is 135 cm³/mol. The van der Waals surface area contributed by atoms with E-state index >= 15 is 0 Å². The third kappa shape index (κ3) is 6.61. The Kier molecular flexibility index (Phi) is 8.16. The molecular weight excluding hydrogens is 438 g/mol. The molecule has 2 aromatic rings. The van der Waals surface area contributed by atoms with E-state index in [-0.39, 0.29) is 12.1 Å². The highest BCUT2D eigenvalue weighted by Gasteiger charge is 2.28. The van der Waals surface area contributed by atoms with Gasteiger partial charge >= 0.3 is 12.0 Å². The summed E-state index contributed by atoms with van der Waals surface area (Å²) in [7, 11) is 0. The molecular formula is C25H29N3O4S. The fourth-order valence-electron chi connectivity index (χ4n) is 3.31. The molecule has 2 aromatic carbocycles. The van der Waals surface area contributed by atoms with Crippen LogP contribution in [0.15, 0.2) is 54.6 Å². The zero-order valence-electron chi connectivity index (χ0n) is 19.0. The molecule has 0 radical (unpaired) electrons. The van der Waals surface area contributed by atoms with Crippen LogP contribution in [0.3, 0.4) is 0 Å². The topological polar surface area (TPSA) is 103 Å². The van der Waals surface area contributed by atoms with Crippen molar-refractivity contribution in [2.24, 2.45) is 5.92 Å². The number of carbonyl (C=O) groups excluding carboxylic acids is 1. The molecule has 8 heteroatoms. The third-order valence-corrected chi connectivity index (χ3v) is 6.45. The van der Waals surface area contributed by atoms with Crippen LogP contribution in [0.25, 0.3) is 5.57 Å². The summed E-state index contributed by atoms with van der Waals surface area (Å²) in [5.41, 5.74) is 3.38. The SMILES string of the molecule is C/C(=C\CC(=N)SCC(C)C(=O)O)c1ccc2c(c1)OC(C)CN2C(=O)Nc1ccccc1. The Hall–Kier alpha value is -3.26. The van der Waals surface area contributed by atoms with Gasteiger partial charge in [0.2, 0.25) is 0 Å². The number of anilines is 2. The lowest BCUT2D eigenvalue weighted by atomic mass is 10.0. The predicted octanol–water partition coefficient (Wildman–Crippen LogP) is 5.73. The molecule has 174 valence electrons. The van der Waals surface area contributed by atoms with Crippen LogP contribution < -0.4 is 15.0 Å². The molecule has 1 aliphatic rings. The molecule has 2 unspecified atom stereocenters. The van der Waals surface area contributed by atoms with E-state index in [1.807, 2.05) is 68.5 Å². The monoisotopic (exact) mass is 467 g/mol. The third-order valence-electron chi connectivity index (χ3n) is 5.27. The molecule has 1 heterocycles. The number of thioether (sulfide) groups is 1. The van der Waals surface area contributed by atoms with E-state index in [2.05, 4.69) is 5.32 Å². The van der Waals surface area contributed by atoms with Gasteiger partial charge in [-0.25, -0.2) is 4.79 Å². The highest BCUT2D eigenvalue weighted by molar-refractivity contribution is 8.13. The first kappa shape index (κ1) is 24.4. The number of hydrogen-bond donors (Lipinski definition) is 3. The van der Waals surface area contributed by atoms with Crippen molar-refractivity contribution < 1.29 is 19.4 Å². The number of carboxylic acids is 1. The number of ether oxygens (including phenoxy) is 1. The Labute approximate surface area is 198 Å². The molecule has 0 saturated heterocycles. The van der Waals surface area contributed by atoms with Gasteiger partial charge in [-0.15, -0.1) is 11.8 Å². The van der Waals surface area contributed by atoms with Crippen molar-refractivity contribution in [3.05, 3.63) is 60.2 Å². The Morgan fingerprint density at radius 3 is 2.73 bits per heavy atom. The van der Waals surface area contributed by atoms with Gasteiger partial charge in [0.25, 0.3) is 0 Å². The molecule has 1 aliphatic heterocycles. The highest BCUT2D eigenvalue weighted by Crippen LogP contribution is 2.36. The lowest BCUT2D eigenvalue weighted by Crippen LogP contribution is -2.44. The standard InChI is InChI=1S/C25H29N3O4S/c1-16(9-12-23(26)33-15-17(2)24(29)30)19-10-11-21-22(13-19)32-18(3)14-28(21)25(31)27-20-7-5-4-6-8-20/h4-11,13,17-18,26H,12,14-15H2,1-3H3,(H,27,31)(H,29,30)/b16-9+,26-23?. The molecule has 0 aromatic heterocycles. The fourth-order valence-corrected chi connectivity index (χ4v) is 4.11.